The molecule has 1 aromatic heterocycles. The highest BCUT2D eigenvalue weighted by Gasteiger charge is 2.25. The maximum absolute atomic E-state index is 8.87. The summed E-state index contributed by atoms with van der Waals surface area (Å²) in [4.78, 5) is 4.24. The Labute approximate surface area is 113 Å². The minimum absolute atomic E-state index is 0.0454. The smallest absolute Gasteiger partial charge is 0.225 e. The Morgan fingerprint density at radius 2 is 2.21 bits per heavy atom. The van der Waals surface area contributed by atoms with Crippen LogP contribution in [0.25, 0.3) is 0 Å². The first-order chi connectivity index (χ1) is 9.13. The number of hydrogen-bond acceptors (Lipinski definition) is 4. The van der Waals surface area contributed by atoms with Crippen molar-refractivity contribution in [3.05, 3.63) is 23.4 Å². The van der Waals surface area contributed by atoms with Gasteiger partial charge in [0.25, 0.3) is 0 Å². The molecule has 1 fully saturated rings. The van der Waals surface area contributed by atoms with Crippen LogP contribution in [0.5, 0.6) is 5.88 Å². The van der Waals surface area contributed by atoms with Gasteiger partial charge in [-0.05, 0) is 43.7 Å². The molecule has 2 atom stereocenters. The quantitative estimate of drug-likeness (QED) is 0.380. The first-order valence-corrected chi connectivity index (χ1v) is 6.73. The van der Waals surface area contributed by atoms with E-state index in [2.05, 4.69) is 17.1 Å². The largest absolute Gasteiger partial charge is 0.474 e. The molecule has 0 bridgehead atoms. The normalized spacial score (nSPS) is 24.2. The van der Waals surface area contributed by atoms with E-state index in [0.717, 1.165) is 12.0 Å². The number of ether oxygens (including phenoxy) is 1. The molecule has 2 unspecified atom stereocenters. The fourth-order valence-electron chi connectivity index (χ4n) is 2.58. The van der Waals surface area contributed by atoms with E-state index >= 15 is 0 Å². The first kappa shape index (κ1) is 13.6. The van der Waals surface area contributed by atoms with Crippen molar-refractivity contribution in [2.75, 3.05) is 0 Å². The number of pyridine rings is 1. The van der Waals surface area contributed by atoms with Crippen LogP contribution < -0.4 is 10.5 Å². The highest BCUT2D eigenvalue weighted by Crippen LogP contribution is 2.29. The third-order valence-corrected chi connectivity index (χ3v) is 3.78. The van der Waals surface area contributed by atoms with Crippen LogP contribution in [0.2, 0.25) is 0 Å². The van der Waals surface area contributed by atoms with Crippen molar-refractivity contribution in [1.82, 2.24) is 4.98 Å². The van der Waals surface area contributed by atoms with Gasteiger partial charge in [-0.1, -0.05) is 18.5 Å². The highest BCUT2D eigenvalue weighted by atomic mass is 16.5. The lowest BCUT2D eigenvalue weighted by Crippen LogP contribution is -2.30. The van der Waals surface area contributed by atoms with Crippen LogP contribution in [0.15, 0.2) is 17.4 Å². The van der Waals surface area contributed by atoms with Gasteiger partial charge in [0, 0.05) is 6.20 Å². The molecule has 1 aliphatic rings. The van der Waals surface area contributed by atoms with E-state index in [9.17, 15) is 0 Å². The Morgan fingerprint density at radius 3 is 2.89 bits per heavy atom. The number of oxime groups is 1. The van der Waals surface area contributed by atoms with Crippen LogP contribution in [0.3, 0.4) is 0 Å². The van der Waals surface area contributed by atoms with Crippen molar-refractivity contribution >= 4 is 5.84 Å². The fourth-order valence-corrected chi connectivity index (χ4v) is 2.58. The van der Waals surface area contributed by atoms with Gasteiger partial charge in [-0.25, -0.2) is 4.98 Å². The molecule has 5 heteroatoms. The molecule has 1 heterocycles. The molecule has 0 radical (unpaired) electrons. The van der Waals surface area contributed by atoms with E-state index in [1.54, 1.807) is 6.20 Å². The van der Waals surface area contributed by atoms with Gasteiger partial charge < -0.3 is 15.7 Å². The Hall–Kier alpha value is -1.78. The van der Waals surface area contributed by atoms with Crippen molar-refractivity contribution in [3.63, 3.8) is 0 Å². The summed E-state index contributed by atoms with van der Waals surface area (Å²) in [5.41, 5.74) is 7.19. The summed E-state index contributed by atoms with van der Waals surface area (Å²) in [7, 11) is 0. The minimum atomic E-state index is 0.0454. The second-order valence-corrected chi connectivity index (χ2v) is 5.21. The van der Waals surface area contributed by atoms with E-state index in [-0.39, 0.29) is 11.9 Å². The number of nitrogens with zero attached hydrogens (tertiary/aromatic N) is 2. The molecule has 3 N–H and O–H groups in total. The Bertz CT molecular complexity index is 474. The molecule has 0 spiro atoms. The lowest BCUT2D eigenvalue weighted by molar-refractivity contribution is 0.0972. The zero-order valence-electron chi connectivity index (χ0n) is 11.5. The Kier molecular flexibility index (Phi) is 4.24. The van der Waals surface area contributed by atoms with E-state index < -0.39 is 0 Å². The number of aromatic nitrogens is 1. The average molecular weight is 263 g/mol. The molecule has 0 saturated heterocycles. The summed E-state index contributed by atoms with van der Waals surface area (Å²) in [6.07, 6.45) is 6.50. The predicted molar refractivity (Wildman–Crippen MR) is 73.5 cm³/mol. The summed E-state index contributed by atoms with van der Waals surface area (Å²) >= 11 is 0. The van der Waals surface area contributed by atoms with Gasteiger partial charge >= 0.3 is 0 Å². The molecule has 0 amide bonds. The van der Waals surface area contributed by atoms with Crippen molar-refractivity contribution in [1.29, 1.82) is 0 Å². The van der Waals surface area contributed by atoms with Crippen molar-refractivity contribution in [2.24, 2.45) is 16.8 Å². The lowest BCUT2D eigenvalue weighted by atomic mass is 9.88. The molecule has 1 saturated carbocycles. The first-order valence-electron chi connectivity index (χ1n) is 6.73. The third-order valence-electron chi connectivity index (χ3n) is 3.78. The van der Waals surface area contributed by atoms with Gasteiger partial charge in [-0.15, -0.1) is 0 Å². The minimum Gasteiger partial charge on any atom is -0.474 e. The van der Waals surface area contributed by atoms with Gasteiger partial charge in [0.2, 0.25) is 5.88 Å². The Morgan fingerprint density at radius 1 is 1.47 bits per heavy atom. The third kappa shape index (κ3) is 2.97. The van der Waals surface area contributed by atoms with E-state index in [1.807, 2.05) is 13.0 Å². The van der Waals surface area contributed by atoms with Gasteiger partial charge in [0.05, 0.1) is 5.56 Å². The van der Waals surface area contributed by atoms with Crippen LogP contribution in [0, 0.1) is 12.8 Å². The van der Waals surface area contributed by atoms with Gasteiger partial charge in [0.1, 0.15) is 6.10 Å². The standard InChI is InChI=1S/C14H21N3O2/c1-9-5-3-4-6-11(9)19-14-12(13(15)17-18)10(2)7-8-16-14/h7-9,11,18H,3-6H2,1-2H3,(H2,15,17). The van der Waals surface area contributed by atoms with Crippen LogP contribution in [0.4, 0.5) is 0 Å². The maximum atomic E-state index is 8.87. The zero-order valence-corrected chi connectivity index (χ0v) is 11.5. The second-order valence-electron chi connectivity index (χ2n) is 5.21. The number of rotatable bonds is 3. The van der Waals surface area contributed by atoms with Gasteiger partial charge in [-0.2, -0.15) is 0 Å². The lowest BCUT2D eigenvalue weighted by Gasteiger charge is -2.29. The van der Waals surface area contributed by atoms with E-state index in [1.165, 1.54) is 19.3 Å². The molecule has 0 aliphatic heterocycles. The zero-order chi connectivity index (χ0) is 13.8. The SMILES string of the molecule is Cc1ccnc(OC2CCCCC2C)c1/C(N)=N/O. The van der Waals surface area contributed by atoms with Gasteiger partial charge in [0.15, 0.2) is 5.84 Å². The summed E-state index contributed by atoms with van der Waals surface area (Å²) in [6, 6.07) is 1.82. The van der Waals surface area contributed by atoms with Crippen LogP contribution >= 0.6 is 0 Å². The molecule has 0 aromatic carbocycles. The average Bonchev–Trinajstić information content (AvgIpc) is 2.41. The molecule has 2 rings (SSSR count). The van der Waals surface area contributed by atoms with Crippen LogP contribution in [0.1, 0.15) is 43.7 Å². The highest BCUT2D eigenvalue weighted by molar-refractivity contribution is 6.00. The predicted octanol–water partition coefficient (Wildman–Crippen LogP) is 2.44. The topological polar surface area (TPSA) is 80.7 Å². The fraction of sp³-hybridized carbons (Fsp3) is 0.571. The number of amidine groups is 1. The maximum Gasteiger partial charge on any atom is 0.225 e. The second kappa shape index (κ2) is 5.91. The number of nitrogens with two attached hydrogens (primary N) is 1. The number of aryl methyl sites for hydroxylation is 1. The summed E-state index contributed by atoms with van der Waals surface area (Å²) < 4.78 is 6.02. The van der Waals surface area contributed by atoms with Crippen LogP contribution in [-0.2, 0) is 0 Å². The number of hydrogen-bond donors (Lipinski definition) is 2. The van der Waals surface area contributed by atoms with Crippen molar-refractivity contribution < 1.29 is 9.94 Å². The molecule has 1 aromatic rings. The molecule has 104 valence electrons. The van der Waals surface area contributed by atoms with Crippen LogP contribution in [-0.4, -0.2) is 22.1 Å². The monoisotopic (exact) mass is 263 g/mol. The molecule has 1 aliphatic carbocycles. The van der Waals surface area contributed by atoms with E-state index in [4.69, 9.17) is 15.7 Å². The van der Waals surface area contributed by atoms with E-state index in [0.29, 0.717) is 17.4 Å². The molecule has 19 heavy (non-hydrogen) atoms. The Balaban J connectivity index is 2.27. The molecule has 5 nitrogen and oxygen atoms in total. The summed E-state index contributed by atoms with van der Waals surface area (Å²) in [6.45, 7) is 4.09. The summed E-state index contributed by atoms with van der Waals surface area (Å²) in [5, 5.41) is 11.9. The van der Waals surface area contributed by atoms with Gasteiger partial charge in [-0.3, -0.25) is 0 Å². The summed E-state index contributed by atoms with van der Waals surface area (Å²) in [5.74, 6) is 1.02. The molecular weight excluding hydrogens is 242 g/mol. The van der Waals surface area contributed by atoms with Crippen molar-refractivity contribution in [2.45, 2.75) is 45.6 Å². The molecular formula is C14H21N3O2. The van der Waals surface area contributed by atoms with Crippen molar-refractivity contribution in [3.8, 4) is 5.88 Å².